The molecular formula is C15H16BrNO2. The summed E-state index contributed by atoms with van der Waals surface area (Å²) in [6.45, 7) is 0.704. The lowest BCUT2D eigenvalue weighted by atomic mass is 9.89. The van der Waals surface area contributed by atoms with Gasteiger partial charge in [0, 0.05) is 5.92 Å². The van der Waals surface area contributed by atoms with Gasteiger partial charge in [0.05, 0.1) is 23.4 Å². The Labute approximate surface area is 121 Å². The van der Waals surface area contributed by atoms with Gasteiger partial charge < -0.3 is 14.5 Å². The Morgan fingerprint density at radius 2 is 2.16 bits per heavy atom. The topological polar surface area (TPSA) is 34.4 Å². The first-order valence-electron chi connectivity index (χ1n) is 6.40. The van der Waals surface area contributed by atoms with E-state index in [2.05, 4.69) is 33.4 Å². The van der Waals surface area contributed by atoms with Crippen molar-refractivity contribution in [3.63, 3.8) is 0 Å². The zero-order valence-corrected chi connectivity index (χ0v) is 12.3. The summed E-state index contributed by atoms with van der Waals surface area (Å²) >= 11 is 3.53. The van der Waals surface area contributed by atoms with Gasteiger partial charge in [-0.1, -0.05) is 18.2 Å². The number of fused-ring (bicyclic) bond motifs is 1. The third-order valence-corrected chi connectivity index (χ3v) is 4.27. The van der Waals surface area contributed by atoms with Crippen molar-refractivity contribution in [2.45, 2.75) is 12.5 Å². The predicted octanol–water partition coefficient (Wildman–Crippen LogP) is 3.55. The molecule has 19 heavy (non-hydrogen) atoms. The van der Waals surface area contributed by atoms with Crippen LogP contribution >= 0.6 is 15.9 Å². The van der Waals surface area contributed by atoms with E-state index in [1.807, 2.05) is 25.2 Å². The lowest BCUT2D eigenvalue weighted by Gasteiger charge is -2.30. The zero-order valence-electron chi connectivity index (χ0n) is 10.7. The van der Waals surface area contributed by atoms with Crippen LogP contribution in [0.25, 0.3) is 0 Å². The molecule has 0 fully saturated rings. The summed E-state index contributed by atoms with van der Waals surface area (Å²) in [5.41, 5.74) is 1.27. The van der Waals surface area contributed by atoms with Gasteiger partial charge in [0.1, 0.15) is 11.5 Å². The van der Waals surface area contributed by atoms with Gasteiger partial charge in [0.2, 0.25) is 0 Å². The molecule has 0 saturated carbocycles. The van der Waals surface area contributed by atoms with E-state index in [9.17, 15) is 0 Å². The van der Waals surface area contributed by atoms with Crippen LogP contribution in [0.3, 0.4) is 0 Å². The monoisotopic (exact) mass is 321 g/mol. The second-order valence-corrected chi connectivity index (χ2v) is 5.64. The third kappa shape index (κ3) is 2.42. The average molecular weight is 322 g/mol. The normalized spacial score (nSPS) is 19.6. The van der Waals surface area contributed by atoms with Crippen LogP contribution in [-0.2, 0) is 6.42 Å². The van der Waals surface area contributed by atoms with Crippen molar-refractivity contribution in [2.24, 2.45) is 5.92 Å². The lowest BCUT2D eigenvalue weighted by Crippen LogP contribution is -2.33. The molecule has 0 saturated heterocycles. The van der Waals surface area contributed by atoms with Crippen molar-refractivity contribution in [3.8, 4) is 5.75 Å². The lowest BCUT2D eigenvalue weighted by molar-refractivity contribution is 0.177. The maximum Gasteiger partial charge on any atom is 0.135 e. The summed E-state index contributed by atoms with van der Waals surface area (Å²) in [6.07, 6.45) is 2.70. The van der Waals surface area contributed by atoms with Crippen LogP contribution in [0.5, 0.6) is 5.75 Å². The van der Waals surface area contributed by atoms with Crippen molar-refractivity contribution in [1.82, 2.24) is 5.32 Å². The first-order chi connectivity index (χ1) is 9.29. The number of ether oxygens (including phenoxy) is 1. The number of benzene rings is 1. The summed E-state index contributed by atoms with van der Waals surface area (Å²) in [7, 11) is 1.96. The molecule has 1 aliphatic rings. The Hall–Kier alpha value is -1.26. The Bertz CT molecular complexity index is 567. The van der Waals surface area contributed by atoms with Crippen molar-refractivity contribution < 1.29 is 9.15 Å². The van der Waals surface area contributed by atoms with Gasteiger partial charge in [-0.15, -0.1) is 0 Å². The van der Waals surface area contributed by atoms with Gasteiger partial charge in [-0.25, -0.2) is 0 Å². The summed E-state index contributed by atoms with van der Waals surface area (Å²) in [5, 5.41) is 3.34. The molecule has 0 spiro atoms. The largest absolute Gasteiger partial charge is 0.493 e. The second-order valence-electron chi connectivity index (χ2n) is 4.78. The molecule has 2 atom stereocenters. The highest BCUT2D eigenvalue weighted by molar-refractivity contribution is 9.10. The number of halogens is 1. The van der Waals surface area contributed by atoms with Crippen LogP contribution in [0.4, 0.5) is 0 Å². The Kier molecular flexibility index (Phi) is 3.62. The van der Waals surface area contributed by atoms with Crippen molar-refractivity contribution in [1.29, 1.82) is 0 Å². The molecule has 0 aliphatic carbocycles. The highest BCUT2D eigenvalue weighted by Crippen LogP contribution is 2.36. The molecule has 3 nitrogen and oxygen atoms in total. The molecule has 2 aromatic rings. The van der Waals surface area contributed by atoms with Crippen LogP contribution < -0.4 is 10.1 Å². The fourth-order valence-corrected chi connectivity index (χ4v) is 3.12. The first kappa shape index (κ1) is 12.8. The molecule has 1 N–H and O–H groups in total. The van der Waals surface area contributed by atoms with Crippen LogP contribution in [0.2, 0.25) is 0 Å². The average Bonchev–Trinajstić information content (AvgIpc) is 2.86. The first-order valence-corrected chi connectivity index (χ1v) is 7.19. The van der Waals surface area contributed by atoms with Crippen LogP contribution in [0.1, 0.15) is 17.4 Å². The van der Waals surface area contributed by atoms with Crippen molar-refractivity contribution >= 4 is 15.9 Å². The second kappa shape index (κ2) is 5.39. The minimum absolute atomic E-state index is 0.151. The molecule has 1 aromatic heterocycles. The van der Waals surface area contributed by atoms with Gasteiger partial charge in [0.15, 0.2) is 0 Å². The van der Waals surface area contributed by atoms with Gasteiger partial charge >= 0.3 is 0 Å². The van der Waals surface area contributed by atoms with E-state index >= 15 is 0 Å². The molecule has 0 bridgehead atoms. The van der Waals surface area contributed by atoms with Crippen LogP contribution in [-0.4, -0.2) is 13.7 Å². The van der Waals surface area contributed by atoms with E-state index < -0.39 is 0 Å². The van der Waals surface area contributed by atoms with Gasteiger partial charge in [-0.3, -0.25) is 0 Å². The molecule has 4 heteroatoms. The zero-order chi connectivity index (χ0) is 13.2. The quantitative estimate of drug-likeness (QED) is 0.938. The number of hydrogen-bond donors (Lipinski definition) is 1. The maximum absolute atomic E-state index is 5.86. The number of rotatable bonds is 3. The van der Waals surface area contributed by atoms with Crippen molar-refractivity contribution in [3.05, 3.63) is 52.4 Å². The molecule has 2 unspecified atom stereocenters. The summed E-state index contributed by atoms with van der Waals surface area (Å²) in [5.74, 6) is 2.31. The van der Waals surface area contributed by atoms with E-state index in [0.29, 0.717) is 12.5 Å². The minimum atomic E-state index is 0.151. The third-order valence-electron chi connectivity index (χ3n) is 3.62. The molecule has 100 valence electrons. The minimum Gasteiger partial charge on any atom is -0.493 e. The van der Waals surface area contributed by atoms with E-state index in [-0.39, 0.29) is 6.04 Å². The predicted molar refractivity (Wildman–Crippen MR) is 77.3 cm³/mol. The van der Waals surface area contributed by atoms with E-state index in [4.69, 9.17) is 9.15 Å². The number of furan rings is 1. The van der Waals surface area contributed by atoms with Gasteiger partial charge in [-0.05, 0) is 47.1 Å². The van der Waals surface area contributed by atoms with Crippen LogP contribution in [0, 0.1) is 5.92 Å². The molecule has 1 aliphatic heterocycles. The number of nitrogens with one attached hydrogen (secondary N) is 1. The summed E-state index contributed by atoms with van der Waals surface area (Å²) < 4.78 is 12.5. The Morgan fingerprint density at radius 3 is 2.89 bits per heavy atom. The fraction of sp³-hybridized carbons (Fsp3) is 0.333. The number of hydrogen-bond acceptors (Lipinski definition) is 3. The molecule has 1 aromatic carbocycles. The molecule has 2 heterocycles. The van der Waals surface area contributed by atoms with Crippen molar-refractivity contribution in [2.75, 3.05) is 13.7 Å². The molecule has 0 radical (unpaired) electrons. The maximum atomic E-state index is 5.86. The summed E-state index contributed by atoms with van der Waals surface area (Å²) in [6, 6.07) is 10.3. The number of para-hydroxylation sites is 1. The highest BCUT2D eigenvalue weighted by Gasteiger charge is 2.30. The molecule has 3 rings (SSSR count). The smallest absolute Gasteiger partial charge is 0.135 e. The summed E-state index contributed by atoms with van der Waals surface area (Å²) in [4.78, 5) is 0. The van der Waals surface area contributed by atoms with E-state index in [0.717, 1.165) is 22.4 Å². The fourth-order valence-electron chi connectivity index (χ4n) is 2.67. The Morgan fingerprint density at radius 1 is 1.32 bits per heavy atom. The molecule has 0 amide bonds. The molecular weight excluding hydrogens is 306 g/mol. The van der Waals surface area contributed by atoms with E-state index in [1.165, 1.54) is 5.56 Å². The Balaban J connectivity index is 1.85. The SMILES string of the molecule is CNC(c1occc1Br)C1COc2ccccc2C1. The highest BCUT2D eigenvalue weighted by atomic mass is 79.9. The van der Waals surface area contributed by atoms with Gasteiger partial charge in [-0.2, -0.15) is 0 Å². The van der Waals surface area contributed by atoms with Gasteiger partial charge in [0.25, 0.3) is 0 Å². The van der Waals surface area contributed by atoms with Crippen LogP contribution in [0.15, 0.2) is 45.5 Å². The van der Waals surface area contributed by atoms with E-state index in [1.54, 1.807) is 6.26 Å². The standard InChI is InChI=1S/C15H16BrNO2/c1-17-14(15-12(16)6-7-18-15)11-8-10-4-2-3-5-13(10)19-9-11/h2-7,11,14,17H,8-9H2,1H3.